The molecule has 1 saturated carbocycles. The van der Waals surface area contributed by atoms with E-state index in [4.69, 9.17) is 0 Å². The Labute approximate surface area is 133 Å². The van der Waals surface area contributed by atoms with E-state index in [2.05, 4.69) is 21.2 Å². The number of carbonyl (C=O) groups is 1. The lowest BCUT2D eigenvalue weighted by Gasteiger charge is -2.32. The lowest BCUT2D eigenvalue weighted by molar-refractivity contribution is -0.145. The van der Waals surface area contributed by atoms with Gasteiger partial charge in [0, 0.05) is 6.04 Å². The molecule has 0 radical (unpaired) electrons. The Balaban J connectivity index is 2.26. The molecule has 1 fully saturated rings. The molecule has 116 valence electrons. The third-order valence-electron chi connectivity index (χ3n) is 4.27. The molecule has 2 N–H and O–H groups in total. The quantitative estimate of drug-likeness (QED) is 0.793. The SMILES string of the molecule is CC(NC1CCCCCC1)(C(=O)O)c1ccc(F)c(Br)c1. The maximum Gasteiger partial charge on any atom is 0.328 e. The number of carboxylic acid groups (broad SMARTS) is 1. The van der Waals surface area contributed by atoms with Crippen LogP contribution in [0.3, 0.4) is 0 Å². The van der Waals surface area contributed by atoms with Crippen LogP contribution in [0.4, 0.5) is 4.39 Å². The van der Waals surface area contributed by atoms with E-state index in [-0.39, 0.29) is 16.3 Å². The molecule has 1 aromatic carbocycles. The Morgan fingerprint density at radius 2 is 1.95 bits per heavy atom. The lowest BCUT2D eigenvalue weighted by Crippen LogP contribution is -2.51. The summed E-state index contributed by atoms with van der Waals surface area (Å²) in [6.45, 7) is 1.65. The maximum absolute atomic E-state index is 13.4. The van der Waals surface area contributed by atoms with Gasteiger partial charge in [-0.25, -0.2) is 9.18 Å². The molecule has 0 aromatic heterocycles. The highest BCUT2D eigenvalue weighted by molar-refractivity contribution is 9.10. The number of hydrogen-bond acceptors (Lipinski definition) is 2. The van der Waals surface area contributed by atoms with E-state index in [1.165, 1.54) is 25.0 Å². The van der Waals surface area contributed by atoms with E-state index in [0.717, 1.165) is 25.7 Å². The molecule has 1 aliphatic carbocycles. The van der Waals surface area contributed by atoms with Crippen molar-refractivity contribution >= 4 is 21.9 Å². The highest BCUT2D eigenvalue weighted by atomic mass is 79.9. The van der Waals surface area contributed by atoms with Crippen LogP contribution in [0, 0.1) is 5.82 Å². The number of hydrogen-bond donors (Lipinski definition) is 2. The molecule has 0 bridgehead atoms. The summed E-state index contributed by atoms with van der Waals surface area (Å²) in [6.07, 6.45) is 6.66. The topological polar surface area (TPSA) is 49.3 Å². The van der Waals surface area contributed by atoms with Crippen molar-refractivity contribution in [3.63, 3.8) is 0 Å². The van der Waals surface area contributed by atoms with Crippen LogP contribution >= 0.6 is 15.9 Å². The van der Waals surface area contributed by atoms with Gasteiger partial charge < -0.3 is 5.11 Å². The fraction of sp³-hybridized carbons (Fsp3) is 0.562. The molecule has 1 aromatic rings. The molecule has 5 heteroatoms. The van der Waals surface area contributed by atoms with Crippen LogP contribution in [0.1, 0.15) is 51.0 Å². The summed E-state index contributed by atoms with van der Waals surface area (Å²) in [7, 11) is 0. The Kier molecular flexibility index (Phi) is 5.38. The monoisotopic (exact) mass is 357 g/mol. The largest absolute Gasteiger partial charge is 0.480 e. The smallest absolute Gasteiger partial charge is 0.328 e. The van der Waals surface area contributed by atoms with Gasteiger partial charge in [0.15, 0.2) is 0 Å². The van der Waals surface area contributed by atoms with Crippen molar-refractivity contribution in [3.8, 4) is 0 Å². The van der Waals surface area contributed by atoms with E-state index in [9.17, 15) is 14.3 Å². The van der Waals surface area contributed by atoms with E-state index in [1.807, 2.05) is 0 Å². The molecule has 21 heavy (non-hydrogen) atoms. The zero-order chi connectivity index (χ0) is 15.5. The van der Waals surface area contributed by atoms with Crippen molar-refractivity contribution in [1.29, 1.82) is 0 Å². The zero-order valence-corrected chi connectivity index (χ0v) is 13.7. The first kappa shape index (κ1) is 16.4. The Bertz CT molecular complexity index is 515. The first-order chi connectivity index (χ1) is 9.93. The molecule has 1 aliphatic rings. The predicted molar refractivity (Wildman–Crippen MR) is 83.7 cm³/mol. The van der Waals surface area contributed by atoms with Gasteiger partial charge in [-0.05, 0) is 53.4 Å². The highest BCUT2D eigenvalue weighted by Crippen LogP contribution is 2.29. The van der Waals surface area contributed by atoms with E-state index < -0.39 is 11.5 Å². The third-order valence-corrected chi connectivity index (χ3v) is 4.88. The van der Waals surface area contributed by atoms with Gasteiger partial charge in [0.05, 0.1) is 4.47 Å². The van der Waals surface area contributed by atoms with Gasteiger partial charge in [0.1, 0.15) is 11.4 Å². The first-order valence-corrected chi connectivity index (χ1v) is 8.19. The molecular weight excluding hydrogens is 337 g/mol. The van der Waals surface area contributed by atoms with Crippen LogP contribution in [-0.2, 0) is 10.3 Å². The fourth-order valence-corrected chi connectivity index (χ4v) is 3.29. The van der Waals surface area contributed by atoms with Crippen molar-refractivity contribution in [2.45, 2.75) is 57.0 Å². The van der Waals surface area contributed by atoms with Gasteiger partial charge >= 0.3 is 5.97 Å². The number of aliphatic carboxylic acids is 1. The molecule has 2 rings (SSSR count). The van der Waals surface area contributed by atoms with Crippen molar-refractivity contribution in [3.05, 3.63) is 34.1 Å². The first-order valence-electron chi connectivity index (χ1n) is 7.40. The van der Waals surface area contributed by atoms with Gasteiger partial charge in [-0.2, -0.15) is 0 Å². The minimum Gasteiger partial charge on any atom is -0.480 e. The molecular formula is C16H21BrFNO2. The normalized spacial score (nSPS) is 19.8. The summed E-state index contributed by atoms with van der Waals surface area (Å²) in [5.41, 5.74) is -0.641. The summed E-state index contributed by atoms with van der Waals surface area (Å²) in [6, 6.07) is 4.58. The van der Waals surface area contributed by atoms with Crippen molar-refractivity contribution in [2.24, 2.45) is 0 Å². The minimum atomic E-state index is -1.20. The summed E-state index contributed by atoms with van der Waals surface area (Å²) in [5.74, 6) is -1.33. The van der Waals surface area contributed by atoms with Crippen LogP contribution in [0.2, 0.25) is 0 Å². The molecule has 1 unspecified atom stereocenters. The average Bonchev–Trinajstić information content (AvgIpc) is 2.70. The van der Waals surface area contributed by atoms with E-state index in [0.29, 0.717) is 5.56 Å². The molecule has 3 nitrogen and oxygen atoms in total. The second-order valence-electron chi connectivity index (χ2n) is 5.89. The number of benzene rings is 1. The van der Waals surface area contributed by atoms with Gasteiger partial charge in [-0.15, -0.1) is 0 Å². The van der Waals surface area contributed by atoms with Crippen LogP contribution in [0.5, 0.6) is 0 Å². The van der Waals surface area contributed by atoms with Gasteiger partial charge in [0.2, 0.25) is 0 Å². The second kappa shape index (κ2) is 6.88. The molecule has 1 atom stereocenters. The van der Waals surface area contributed by atoms with Crippen LogP contribution in [0.15, 0.2) is 22.7 Å². The fourth-order valence-electron chi connectivity index (χ4n) is 2.91. The summed E-state index contributed by atoms with van der Waals surface area (Å²) in [5, 5.41) is 13.0. The number of halogens is 2. The van der Waals surface area contributed by atoms with Crippen LogP contribution in [0.25, 0.3) is 0 Å². The van der Waals surface area contributed by atoms with Gasteiger partial charge in [-0.3, -0.25) is 5.32 Å². The number of nitrogens with one attached hydrogen (secondary N) is 1. The van der Waals surface area contributed by atoms with Crippen LogP contribution < -0.4 is 5.32 Å². The summed E-state index contributed by atoms with van der Waals surface area (Å²) >= 11 is 3.13. The molecule has 0 saturated heterocycles. The standard InChI is InChI=1S/C16H21BrFNO2/c1-16(15(20)21,11-8-9-14(18)13(17)10-11)19-12-6-4-2-3-5-7-12/h8-10,12,19H,2-7H2,1H3,(H,20,21). The van der Waals surface area contributed by atoms with E-state index >= 15 is 0 Å². The van der Waals surface area contributed by atoms with E-state index in [1.54, 1.807) is 13.0 Å². The minimum absolute atomic E-state index is 0.192. The lowest BCUT2D eigenvalue weighted by atomic mass is 9.90. The second-order valence-corrected chi connectivity index (χ2v) is 6.75. The molecule has 0 heterocycles. The number of rotatable bonds is 4. The van der Waals surface area contributed by atoms with Gasteiger partial charge in [0.25, 0.3) is 0 Å². The summed E-state index contributed by atoms with van der Waals surface area (Å²) < 4.78 is 13.7. The number of carboxylic acids is 1. The molecule has 0 amide bonds. The summed E-state index contributed by atoms with van der Waals surface area (Å²) in [4.78, 5) is 11.8. The molecule has 0 aliphatic heterocycles. The average molecular weight is 358 g/mol. The zero-order valence-electron chi connectivity index (χ0n) is 12.2. The highest BCUT2D eigenvalue weighted by Gasteiger charge is 2.37. The Morgan fingerprint density at radius 3 is 2.48 bits per heavy atom. The third kappa shape index (κ3) is 3.83. The van der Waals surface area contributed by atoms with Crippen molar-refractivity contribution < 1.29 is 14.3 Å². The Hall–Kier alpha value is -0.940. The maximum atomic E-state index is 13.4. The van der Waals surface area contributed by atoms with Crippen molar-refractivity contribution in [1.82, 2.24) is 5.32 Å². The van der Waals surface area contributed by atoms with Crippen LogP contribution in [-0.4, -0.2) is 17.1 Å². The Morgan fingerprint density at radius 1 is 1.33 bits per heavy atom. The van der Waals surface area contributed by atoms with Gasteiger partial charge in [-0.1, -0.05) is 31.7 Å². The van der Waals surface area contributed by atoms with Crippen molar-refractivity contribution in [2.75, 3.05) is 0 Å². The predicted octanol–water partition coefficient (Wildman–Crippen LogP) is 4.20. The molecule has 0 spiro atoms.